The molecular weight excluding hydrogens is 656 g/mol. The first-order valence-electron chi connectivity index (χ1n) is 18.6. The molecule has 0 bridgehead atoms. The van der Waals surface area contributed by atoms with Crippen molar-refractivity contribution in [2.45, 2.75) is 118 Å². The first-order chi connectivity index (χ1) is 24.4. The van der Waals surface area contributed by atoms with E-state index in [2.05, 4.69) is 41.6 Å². The van der Waals surface area contributed by atoms with Crippen molar-refractivity contribution < 1.29 is 28.7 Å². The van der Waals surface area contributed by atoms with Gasteiger partial charge in [-0.2, -0.15) is 0 Å². The lowest BCUT2D eigenvalue weighted by molar-refractivity contribution is -0.144. The number of esters is 1. The van der Waals surface area contributed by atoms with Crippen LogP contribution in [0, 0.1) is 17.3 Å². The summed E-state index contributed by atoms with van der Waals surface area (Å²) >= 11 is 0. The van der Waals surface area contributed by atoms with Crippen LogP contribution in [0.4, 0.5) is 0 Å². The molecule has 3 amide bonds. The lowest BCUT2D eigenvalue weighted by Gasteiger charge is -2.42. The summed E-state index contributed by atoms with van der Waals surface area (Å²) in [6.07, 6.45) is 4.59. The van der Waals surface area contributed by atoms with Gasteiger partial charge in [-0.05, 0) is 56.0 Å². The molecule has 0 radical (unpaired) electrons. The fourth-order valence-corrected chi connectivity index (χ4v) is 6.40. The number of carbonyl (C=O) groups excluding carboxylic acids is 5. The van der Waals surface area contributed by atoms with Crippen LogP contribution in [0.2, 0.25) is 0 Å². The van der Waals surface area contributed by atoms with E-state index >= 15 is 0 Å². The molecule has 1 fully saturated rings. The molecule has 1 saturated heterocycles. The average molecular weight is 717 g/mol. The molecular formula is C42H60N4O6. The van der Waals surface area contributed by atoms with Crippen LogP contribution < -0.4 is 16.0 Å². The number of rotatable bonds is 15. The van der Waals surface area contributed by atoms with Gasteiger partial charge in [-0.25, -0.2) is 4.79 Å². The van der Waals surface area contributed by atoms with Crippen molar-refractivity contribution in [2.75, 3.05) is 13.7 Å². The number of nitrogens with zero attached hydrogens (tertiary/aromatic N) is 1. The fourth-order valence-electron chi connectivity index (χ4n) is 6.40. The first-order valence-corrected chi connectivity index (χ1v) is 18.6. The van der Waals surface area contributed by atoms with Crippen LogP contribution >= 0.6 is 0 Å². The molecule has 10 nitrogen and oxygen atoms in total. The third kappa shape index (κ3) is 11.6. The molecule has 1 heterocycles. The van der Waals surface area contributed by atoms with Crippen molar-refractivity contribution in [3.63, 3.8) is 0 Å². The molecule has 3 rings (SSSR count). The van der Waals surface area contributed by atoms with Gasteiger partial charge in [0.2, 0.25) is 17.7 Å². The van der Waals surface area contributed by atoms with E-state index < -0.39 is 35.4 Å². The summed E-state index contributed by atoms with van der Waals surface area (Å²) in [6, 6.07) is 13.5. The largest absolute Gasteiger partial charge is 0.467 e. The normalized spacial score (nSPS) is 17.8. The zero-order valence-electron chi connectivity index (χ0n) is 32.7. The van der Waals surface area contributed by atoms with Gasteiger partial charge in [0.1, 0.15) is 12.1 Å². The Hall–Kier alpha value is -4.31. The number of carbonyl (C=O) groups is 5. The number of ether oxygens (including phenoxy) is 1. The topological polar surface area (TPSA) is 134 Å². The summed E-state index contributed by atoms with van der Waals surface area (Å²) in [6.45, 7) is 18.6. The Morgan fingerprint density at radius 3 is 2.02 bits per heavy atom. The molecule has 0 aromatic heterocycles. The van der Waals surface area contributed by atoms with Crippen molar-refractivity contribution in [1.29, 1.82) is 0 Å². The van der Waals surface area contributed by atoms with Crippen LogP contribution in [0.1, 0.15) is 103 Å². The van der Waals surface area contributed by atoms with Gasteiger partial charge in [0.15, 0.2) is 5.78 Å². The van der Waals surface area contributed by atoms with E-state index in [0.29, 0.717) is 22.6 Å². The van der Waals surface area contributed by atoms with Gasteiger partial charge in [0.25, 0.3) is 0 Å². The van der Waals surface area contributed by atoms with Crippen molar-refractivity contribution in [3.8, 4) is 0 Å². The van der Waals surface area contributed by atoms with E-state index in [0.717, 1.165) is 31.4 Å². The Morgan fingerprint density at radius 2 is 1.46 bits per heavy atom. The van der Waals surface area contributed by atoms with Crippen LogP contribution in [0.15, 0.2) is 66.2 Å². The van der Waals surface area contributed by atoms with Crippen LogP contribution in [0.3, 0.4) is 0 Å². The molecule has 52 heavy (non-hydrogen) atoms. The van der Waals surface area contributed by atoms with Crippen molar-refractivity contribution in [2.24, 2.45) is 17.3 Å². The fraction of sp³-hybridized carbons (Fsp3) is 0.548. The number of amides is 3. The molecule has 1 unspecified atom stereocenters. The predicted molar refractivity (Wildman–Crippen MR) is 205 cm³/mol. The van der Waals surface area contributed by atoms with Gasteiger partial charge < -0.3 is 20.7 Å². The standard InChI is InChI=1S/C42H60N4O6/c1-26(2)29(6)46-23-15-14-18-35(46)39(49)45-37(42(7,8)9)40(50)43-33(27(3)4)24-28(5)38(48)44-34(41(51)52-10)25-30-19-21-32(22-20-30)36(47)31-16-12-11-13-17-31/h11-13,16-17,19-22,24,26-27,29,33-35,37H,14-15,18,23,25H2,1-10H3,(H,43,50)(H,44,48)(H,45,49)/b28-24+/t29?,33-,34+,35-,37-/m1/s1. The Morgan fingerprint density at radius 1 is 0.846 bits per heavy atom. The van der Waals surface area contributed by atoms with Crippen molar-refractivity contribution in [3.05, 3.63) is 82.9 Å². The zero-order chi connectivity index (χ0) is 38.7. The molecule has 2 aromatic carbocycles. The number of nitrogens with one attached hydrogen (secondary N) is 3. The molecule has 2 aromatic rings. The van der Waals surface area contributed by atoms with E-state index in [1.807, 2.05) is 40.7 Å². The van der Waals surface area contributed by atoms with Crippen LogP contribution in [-0.2, 0) is 30.3 Å². The number of ketones is 1. The number of piperidine rings is 1. The van der Waals surface area contributed by atoms with Gasteiger partial charge in [0, 0.05) is 29.2 Å². The predicted octanol–water partition coefficient (Wildman–Crippen LogP) is 5.63. The van der Waals surface area contributed by atoms with E-state index in [1.165, 1.54) is 7.11 Å². The quantitative estimate of drug-likeness (QED) is 0.124. The number of hydrogen-bond acceptors (Lipinski definition) is 7. The van der Waals surface area contributed by atoms with E-state index in [9.17, 15) is 24.0 Å². The van der Waals surface area contributed by atoms with Crippen molar-refractivity contribution in [1.82, 2.24) is 20.9 Å². The highest BCUT2D eigenvalue weighted by Crippen LogP contribution is 2.26. The van der Waals surface area contributed by atoms with Crippen molar-refractivity contribution >= 4 is 29.5 Å². The summed E-state index contributed by atoms with van der Waals surface area (Å²) < 4.78 is 5.00. The Kier molecular flexibility index (Phi) is 15.4. The average Bonchev–Trinajstić information content (AvgIpc) is 3.12. The summed E-state index contributed by atoms with van der Waals surface area (Å²) in [5, 5.41) is 8.96. The Balaban J connectivity index is 1.73. The molecule has 0 spiro atoms. The number of hydrogen-bond donors (Lipinski definition) is 3. The van der Waals surface area contributed by atoms with E-state index in [1.54, 1.807) is 61.5 Å². The maximum atomic E-state index is 13.9. The minimum Gasteiger partial charge on any atom is -0.467 e. The second kappa shape index (κ2) is 19.0. The molecule has 10 heteroatoms. The highest BCUT2D eigenvalue weighted by Gasteiger charge is 2.39. The lowest BCUT2D eigenvalue weighted by atomic mass is 9.85. The Labute approximate surface area is 310 Å². The third-order valence-corrected chi connectivity index (χ3v) is 10.0. The molecule has 1 aliphatic rings. The highest BCUT2D eigenvalue weighted by molar-refractivity contribution is 6.09. The molecule has 0 aliphatic carbocycles. The zero-order valence-corrected chi connectivity index (χ0v) is 32.7. The van der Waals surface area contributed by atoms with Gasteiger partial charge in [-0.1, -0.05) is 116 Å². The van der Waals surface area contributed by atoms with Gasteiger partial charge >= 0.3 is 5.97 Å². The third-order valence-electron chi connectivity index (χ3n) is 10.0. The minimum absolute atomic E-state index is 0.0859. The van der Waals surface area contributed by atoms with Gasteiger partial charge in [-0.3, -0.25) is 24.1 Å². The number of methoxy groups -OCH3 is 1. The molecule has 1 aliphatic heterocycles. The Bertz CT molecular complexity index is 1560. The van der Waals surface area contributed by atoms with Gasteiger partial charge in [0.05, 0.1) is 19.2 Å². The summed E-state index contributed by atoms with van der Waals surface area (Å²) in [4.78, 5) is 69.0. The van der Waals surface area contributed by atoms with E-state index in [4.69, 9.17) is 4.74 Å². The van der Waals surface area contributed by atoms with Crippen LogP contribution in [0.25, 0.3) is 0 Å². The molecule has 3 N–H and O–H groups in total. The highest BCUT2D eigenvalue weighted by atomic mass is 16.5. The maximum absolute atomic E-state index is 13.9. The number of benzene rings is 2. The second-order valence-electron chi connectivity index (χ2n) is 15.8. The molecule has 5 atom stereocenters. The SMILES string of the molecule is COC(=O)[C@H](Cc1ccc(C(=O)c2ccccc2)cc1)NC(=O)/C(C)=C/[C@@H](NC(=O)[C@@H](NC(=O)[C@H]1CCCCN1C(C)C(C)C)C(C)(C)C)C(C)C. The summed E-state index contributed by atoms with van der Waals surface area (Å²) in [5.41, 5.74) is 1.56. The summed E-state index contributed by atoms with van der Waals surface area (Å²) in [7, 11) is 1.26. The maximum Gasteiger partial charge on any atom is 0.328 e. The smallest absolute Gasteiger partial charge is 0.328 e. The monoisotopic (exact) mass is 716 g/mol. The first kappa shape index (κ1) is 42.1. The van der Waals surface area contributed by atoms with Crippen LogP contribution in [-0.4, -0.2) is 78.2 Å². The second-order valence-corrected chi connectivity index (χ2v) is 15.8. The van der Waals surface area contributed by atoms with Gasteiger partial charge in [-0.15, -0.1) is 0 Å². The lowest BCUT2D eigenvalue weighted by Crippen LogP contribution is -2.61. The van der Waals surface area contributed by atoms with E-state index in [-0.39, 0.29) is 42.0 Å². The molecule has 0 saturated carbocycles. The molecule has 284 valence electrons. The number of likely N-dealkylation sites (tertiary alicyclic amines) is 1. The minimum atomic E-state index is -0.984. The summed E-state index contributed by atoms with van der Waals surface area (Å²) in [5.74, 6) is -1.37. The van der Waals surface area contributed by atoms with Crippen LogP contribution in [0.5, 0.6) is 0 Å².